The molecular formula is C22H21ClN4O2S. The number of rotatable bonds is 4. The lowest BCUT2D eigenvalue weighted by Gasteiger charge is -2.27. The molecule has 0 unspecified atom stereocenters. The van der Waals surface area contributed by atoms with Crippen molar-refractivity contribution >= 4 is 45.6 Å². The van der Waals surface area contributed by atoms with Crippen LogP contribution in [0.3, 0.4) is 0 Å². The van der Waals surface area contributed by atoms with Crippen molar-refractivity contribution in [2.75, 3.05) is 23.3 Å². The van der Waals surface area contributed by atoms with Crippen molar-refractivity contribution < 1.29 is 9.59 Å². The molecule has 1 fully saturated rings. The standard InChI is InChI=1S/C22H21ClN4O2S/c1-13-3-4-15(9-14(13)2)19-12-30-22(25-19)26-21(29)16-10-18(23)20(24-11-16)27-7-5-17(28)6-8-27/h3-4,9-12H,5-8H2,1-2H3,(H,25,26,29). The Morgan fingerprint density at radius 3 is 2.63 bits per heavy atom. The van der Waals surface area contributed by atoms with Crippen molar-refractivity contribution in [1.29, 1.82) is 0 Å². The molecule has 0 aliphatic carbocycles. The van der Waals surface area contributed by atoms with Gasteiger partial charge in [0.25, 0.3) is 5.91 Å². The smallest absolute Gasteiger partial charge is 0.259 e. The quantitative estimate of drug-likeness (QED) is 0.624. The SMILES string of the molecule is Cc1ccc(-c2csc(NC(=O)c3cnc(N4CCC(=O)CC4)c(Cl)c3)n2)cc1C. The molecule has 1 aromatic carbocycles. The van der Waals surface area contributed by atoms with E-state index < -0.39 is 0 Å². The van der Waals surface area contributed by atoms with Gasteiger partial charge in [-0.05, 0) is 37.1 Å². The van der Waals surface area contributed by atoms with Gasteiger partial charge in [-0.3, -0.25) is 14.9 Å². The zero-order valence-electron chi connectivity index (χ0n) is 16.7. The van der Waals surface area contributed by atoms with Crippen LogP contribution in [0.1, 0.15) is 34.3 Å². The van der Waals surface area contributed by atoms with E-state index in [0.717, 1.165) is 11.3 Å². The van der Waals surface area contributed by atoms with Gasteiger partial charge in [-0.2, -0.15) is 0 Å². The summed E-state index contributed by atoms with van der Waals surface area (Å²) in [6.07, 6.45) is 2.49. The summed E-state index contributed by atoms with van der Waals surface area (Å²) in [5.41, 5.74) is 4.63. The highest BCUT2D eigenvalue weighted by atomic mass is 35.5. The molecule has 2 aromatic heterocycles. The summed E-state index contributed by atoms with van der Waals surface area (Å²) in [6.45, 7) is 5.33. The van der Waals surface area contributed by atoms with Crippen LogP contribution in [0, 0.1) is 13.8 Å². The van der Waals surface area contributed by atoms with Crippen LogP contribution in [0.15, 0.2) is 35.8 Å². The highest BCUT2D eigenvalue weighted by Crippen LogP contribution is 2.28. The third kappa shape index (κ3) is 4.37. The summed E-state index contributed by atoms with van der Waals surface area (Å²) in [5.74, 6) is 0.541. The van der Waals surface area contributed by atoms with Crippen LogP contribution in [-0.4, -0.2) is 34.7 Å². The topological polar surface area (TPSA) is 75.2 Å². The molecule has 0 spiro atoms. The van der Waals surface area contributed by atoms with E-state index in [1.54, 1.807) is 6.07 Å². The van der Waals surface area contributed by atoms with Crippen molar-refractivity contribution in [3.8, 4) is 11.3 Å². The Hall–Kier alpha value is -2.77. The van der Waals surface area contributed by atoms with Gasteiger partial charge >= 0.3 is 0 Å². The Balaban J connectivity index is 1.46. The molecule has 0 atom stereocenters. The summed E-state index contributed by atoms with van der Waals surface area (Å²) in [4.78, 5) is 34.9. The van der Waals surface area contributed by atoms with Gasteiger partial charge in [0.2, 0.25) is 0 Å². The van der Waals surface area contributed by atoms with Crippen molar-refractivity contribution in [1.82, 2.24) is 9.97 Å². The van der Waals surface area contributed by atoms with Crippen molar-refractivity contribution in [3.05, 3.63) is 57.6 Å². The first kappa shape index (κ1) is 20.5. The lowest BCUT2D eigenvalue weighted by Crippen LogP contribution is -2.34. The van der Waals surface area contributed by atoms with Gasteiger partial charge in [0.05, 0.1) is 16.3 Å². The number of aromatic nitrogens is 2. The average Bonchev–Trinajstić information content (AvgIpc) is 3.19. The Morgan fingerprint density at radius 2 is 1.93 bits per heavy atom. The first-order valence-corrected chi connectivity index (χ1v) is 10.9. The number of nitrogens with one attached hydrogen (secondary N) is 1. The van der Waals surface area contributed by atoms with Gasteiger partial charge in [0.15, 0.2) is 5.13 Å². The average molecular weight is 441 g/mol. The molecule has 0 bridgehead atoms. The van der Waals surface area contributed by atoms with Gasteiger partial charge in [-0.25, -0.2) is 9.97 Å². The molecule has 3 heterocycles. The Labute approximate surface area is 183 Å². The molecule has 30 heavy (non-hydrogen) atoms. The zero-order chi connectivity index (χ0) is 21.3. The summed E-state index contributed by atoms with van der Waals surface area (Å²) >= 11 is 7.75. The number of halogens is 1. The molecule has 1 aliphatic heterocycles. The minimum Gasteiger partial charge on any atom is -0.355 e. The number of Topliss-reactive ketones (excluding diaryl/α,β-unsaturated/α-hetero) is 1. The van der Waals surface area contributed by atoms with Crippen LogP contribution in [0.25, 0.3) is 11.3 Å². The molecule has 1 N–H and O–H groups in total. The molecule has 8 heteroatoms. The number of nitrogens with zero attached hydrogens (tertiary/aromatic N) is 3. The number of carbonyl (C=O) groups excluding carboxylic acids is 2. The number of ketones is 1. The Morgan fingerprint density at radius 1 is 1.17 bits per heavy atom. The van der Waals surface area contributed by atoms with Crippen molar-refractivity contribution in [3.63, 3.8) is 0 Å². The van der Waals surface area contributed by atoms with E-state index in [1.807, 2.05) is 16.3 Å². The van der Waals surface area contributed by atoms with Crippen molar-refractivity contribution in [2.45, 2.75) is 26.7 Å². The van der Waals surface area contributed by atoms with Crippen LogP contribution < -0.4 is 10.2 Å². The predicted molar refractivity (Wildman–Crippen MR) is 121 cm³/mol. The fourth-order valence-electron chi connectivity index (χ4n) is 3.29. The highest BCUT2D eigenvalue weighted by Gasteiger charge is 2.21. The molecule has 1 saturated heterocycles. The zero-order valence-corrected chi connectivity index (χ0v) is 18.3. The number of amides is 1. The number of thiazole rings is 1. The minimum absolute atomic E-state index is 0.252. The predicted octanol–water partition coefficient (Wildman–Crippen LogP) is 4.90. The first-order valence-electron chi connectivity index (χ1n) is 9.67. The molecule has 1 amide bonds. The van der Waals surface area contributed by atoms with Crippen LogP contribution in [0.5, 0.6) is 0 Å². The maximum Gasteiger partial charge on any atom is 0.259 e. The van der Waals surface area contributed by atoms with Gasteiger partial charge < -0.3 is 4.90 Å². The number of benzene rings is 1. The van der Waals surface area contributed by atoms with Crippen LogP contribution in [0.2, 0.25) is 5.02 Å². The fourth-order valence-corrected chi connectivity index (χ4v) is 4.29. The van der Waals surface area contributed by atoms with Crippen LogP contribution >= 0.6 is 22.9 Å². The molecule has 6 nitrogen and oxygen atoms in total. The second kappa shape index (κ2) is 8.53. The molecule has 4 rings (SSSR count). The summed E-state index contributed by atoms with van der Waals surface area (Å²) in [6, 6.07) is 7.79. The second-order valence-electron chi connectivity index (χ2n) is 7.35. The summed E-state index contributed by atoms with van der Waals surface area (Å²) < 4.78 is 0. The van der Waals surface area contributed by atoms with E-state index in [9.17, 15) is 9.59 Å². The number of aryl methyl sites for hydroxylation is 2. The largest absolute Gasteiger partial charge is 0.355 e. The minimum atomic E-state index is -0.314. The fraction of sp³-hybridized carbons (Fsp3) is 0.273. The Kier molecular flexibility index (Phi) is 5.83. The van der Waals surface area contributed by atoms with E-state index in [0.29, 0.717) is 47.5 Å². The Bertz CT molecular complexity index is 1120. The van der Waals surface area contributed by atoms with Crippen LogP contribution in [-0.2, 0) is 4.79 Å². The van der Waals surface area contributed by atoms with E-state index in [2.05, 4.69) is 41.3 Å². The molecule has 3 aromatic rings. The van der Waals surface area contributed by atoms with E-state index in [1.165, 1.54) is 28.7 Å². The van der Waals surface area contributed by atoms with Gasteiger partial charge in [-0.15, -0.1) is 11.3 Å². The molecule has 1 aliphatic rings. The number of anilines is 2. The maximum atomic E-state index is 12.6. The number of hydrogen-bond donors (Lipinski definition) is 1. The summed E-state index contributed by atoms with van der Waals surface area (Å²) in [5, 5.41) is 5.65. The van der Waals surface area contributed by atoms with Crippen LogP contribution in [0.4, 0.5) is 10.9 Å². The lowest BCUT2D eigenvalue weighted by molar-refractivity contribution is -0.119. The summed E-state index contributed by atoms with van der Waals surface area (Å²) in [7, 11) is 0. The van der Waals surface area contributed by atoms with Gasteiger partial charge in [0.1, 0.15) is 11.6 Å². The van der Waals surface area contributed by atoms with Gasteiger partial charge in [-0.1, -0.05) is 23.7 Å². The van der Waals surface area contributed by atoms with Gasteiger partial charge in [0, 0.05) is 43.1 Å². The monoisotopic (exact) mass is 440 g/mol. The first-order chi connectivity index (χ1) is 14.4. The van der Waals surface area contributed by atoms with Crippen molar-refractivity contribution in [2.24, 2.45) is 0 Å². The maximum absolute atomic E-state index is 12.6. The number of pyridine rings is 1. The molecule has 0 saturated carbocycles. The number of piperidine rings is 1. The molecule has 0 radical (unpaired) electrons. The third-order valence-corrected chi connectivity index (χ3v) is 6.27. The molecular weight excluding hydrogens is 420 g/mol. The highest BCUT2D eigenvalue weighted by molar-refractivity contribution is 7.14. The van der Waals surface area contributed by atoms with E-state index in [-0.39, 0.29) is 11.7 Å². The van der Waals surface area contributed by atoms with E-state index >= 15 is 0 Å². The number of hydrogen-bond acceptors (Lipinski definition) is 6. The lowest BCUT2D eigenvalue weighted by atomic mass is 10.1. The van der Waals surface area contributed by atoms with E-state index in [4.69, 9.17) is 11.6 Å². The second-order valence-corrected chi connectivity index (χ2v) is 8.61. The normalized spacial score (nSPS) is 14.1. The molecule has 154 valence electrons. The number of carbonyl (C=O) groups is 2. The third-order valence-electron chi connectivity index (χ3n) is 5.23.